The van der Waals surface area contributed by atoms with E-state index >= 15 is 0 Å². The van der Waals surface area contributed by atoms with Gasteiger partial charge in [-0.2, -0.15) is 0 Å². The van der Waals surface area contributed by atoms with Crippen molar-refractivity contribution in [3.63, 3.8) is 0 Å². The van der Waals surface area contributed by atoms with Crippen molar-refractivity contribution in [3.8, 4) is 17.7 Å². The van der Waals surface area contributed by atoms with Gasteiger partial charge in [-0.15, -0.1) is 0 Å². The van der Waals surface area contributed by atoms with Gasteiger partial charge in [-0.3, -0.25) is 10.1 Å². The smallest absolute Gasteiger partial charge is 0.272 e. The van der Waals surface area contributed by atoms with Gasteiger partial charge in [-0.05, 0) is 43.5 Å². The van der Waals surface area contributed by atoms with E-state index in [9.17, 15) is 4.79 Å². The zero-order valence-electron chi connectivity index (χ0n) is 13.2. The van der Waals surface area contributed by atoms with Gasteiger partial charge >= 0.3 is 0 Å². The summed E-state index contributed by atoms with van der Waals surface area (Å²) in [5, 5.41) is 3.30. The predicted octanol–water partition coefficient (Wildman–Crippen LogP) is 3.85. The van der Waals surface area contributed by atoms with E-state index < -0.39 is 6.10 Å². The van der Waals surface area contributed by atoms with Gasteiger partial charge in [0.15, 0.2) is 6.10 Å². The SMILES string of the molecule is CCC(Oc1cc(C)c(Cl)c(C)c1)C(=O)NC#CC(C)C. The highest BCUT2D eigenvalue weighted by molar-refractivity contribution is 6.32. The highest BCUT2D eigenvalue weighted by Gasteiger charge is 2.18. The van der Waals surface area contributed by atoms with Crippen LogP contribution in [0, 0.1) is 31.7 Å². The van der Waals surface area contributed by atoms with Crippen molar-refractivity contribution in [1.82, 2.24) is 5.32 Å². The van der Waals surface area contributed by atoms with Crippen LogP contribution in [0.25, 0.3) is 0 Å². The second-order valence-electron chi connectivity index (χ2n) is 5.30. The molecule has 0 heterocycles. The maximum atomic E-state index is 12.0. The quantitative estimate of drug-likeness (QED) is 0.678. The summed E-state index contributed by atoms with van der Waals surface area (Å²) in [6, 6.07) is 6.34. The molecular weight excluding hydrogens is 286 g/mol. The molecule has 0 saturated heterocycles. The normalized spacial score (nSPS) is 11.6. The van der Waals surface area contributed by atoms with Crippen LogP contribution in [-0.2, 0) is 4.79 Å². The lowest BCUT2D eigenvalue weighted by Crippen LogP contribution is -2.35. The maximum Gasteiger partial charge on any atom is 0.272 e. The summed E-state index contributed by atoms with van der Waals surface area (Å²) in [5.74, 6) is 3.53. The van der Waals surface area contributed by atoms with E-state index in [1.807, 2.05) is 46.8 Å². The summed E-state index contributed by atoms with van der Waals surface area (Å²) < 4.78 is 5.76. The summed E-state index contributed by atoms with van der Waals surface area (Å²) in [6.07, 6.45) is 0.00191. The first-order chi connectivity index (χ1) is 9.85. The zero-order chi connectivity index (χ0) is 16.0. The van der Waals surface area contributed by atoms with Gasteiger partial charge in [0.2, 0.25) is 0 Å². The molecule has 21 heavy (non-hydrogen) atoms. The Bertz CT molecular complexity index is 547. The van der Waals surface area contributed by atoms with Crippen LogP contribution in [0.15, 0.2) is 12.1 Å². The number of carbonyl (C=O) groups is 1. The molecule has 0 aliphatic heterocycles. The molecule has 114 valence electrons. The molecule has 1 amide bonds. The molecule has 4 heteroatoms. The van der Waals surface area contributed by atoms with Crippen LogP contribution in [0.2, 0.25) is 5.02 Å². The van der Waals surface area contributed by atoms with Crippen molar-refractivity contribution in [2.75, 3.05) is 0 Å². The summed E-state index contributed by atoms with van der Waals surface area (Å²) in [7, 11) is 0. The minimum Gasteiger partial charge on any atom is -0.481 e. The lowest BCUT2D eigenvalue weighted by Gasteiger charge is -2.17. The number of ether oxygens (including phenoxy) is 1. The monoisotopic (exact) mass is 307 g/mol. The first-order valence-electron chi connectivity index (χ1n) is 7.09. The fourth-order valence-electron chi connectivity index (χ4n) is 1.78. The van der Waals surface area contributed by atoms with Gasteiger partial charge < -0.3 is 4.74 Å². The van der Waals surface area contributed by atoms with E-state index in [1.165, 1.54) is 0 Å². The van der Waals surface area contributed by atoms with Crippen LogP contribution in [0.3, 0.4) is 0 Å². The van der Waals surface area contributed by atoms with Gasteiger partial charge in [0.25, 0.3) is 5.91 Å². The van der Waals surface area contributed by atoms with Crippen LogP contribution in [0.5, 0.6) is 5.75 Å². The Morgan fingerprint density at radius 2 is 1.90 bits per heavy atom. The van der Waals surface area contributed by atoms with E-state index in [1.54, 1.807) is 0 Å². The van der Waals surface area contributed by atoms with Crippen LogP contribution in [0.1, 0.15) is 38.3 Å². The molecule has 0 bridgehead atoms. The first-order valence-corrected chi connectivity index (χ1v) is 7.46. The number of carbonyl (C=O) groups excluding carboxylic acids is 1. The number of nitrogens with one attached hydrogen (secondary N) is 1. The molecule has 0 aromatic heterocycles. The van der Waals surface area contributed by atoms with Crippen molar-refractivity contribution in [3.05, 3.63) is 28.3 Å². The molecule has 1 atom stereocenters. The van der Waals surface area contributed by atoms with Crippen LogP contribution in [-0.4, -0.2) is 12.0 Å². The average molecular weight is 308 g/mol. The van der Waals surface area contributed by atoms with Gasteiger partial charge in [-0.25, -0.2) is 0 Å². The Morgan fingerprint density at radius 1 is 1.33 bits per heavy atom. The van der Waals surface area contributed by atoms with Gasteiger partial charge in [0.05, 0.1) is 0 Å². The second kappa shape index (κ2) is 7.95. The van der Waals surface area contributed by atoms with Crippen LogP contribution < -0.4 is 10.1 Å². The minimum absolute atomic E-state index is 0.216. The summed E-state index contributed by atoms with van der Waals surface area (Å²) in [6.45, 7) is 9.66. The van der Waals surface area contributed by atoms with E-state index in [4.69, 9.17) is 16.3 Å². The Labute approximate surface area is 132 Å². The molecule has 1 N–H and O–H groups in total. The zero-order valence-corrected chi connectivity index (χ0v) is 14.0. The Kier molecular flexibility index (Phi) is 6.58. The predicted molar refractivity (Wildman–Crippen MR) is 86.4 cm³/mol. The van der Waals surface area contributed by atoms with Crippen LogP contribution in [0.4, 0.5) is 0 Å². The van der Waals surface area contributed by atoms with Crippen LogP contribution >= 0.6 is 11.6 Å². The molecule has 1 rings (SSSR count). The fraction of sp³-hybridized carbons (Fsp3) is 0.471. The van der Waals surface area contributed by atoms with Crippen molar-refractivity contribution >= 4 is 17.5 Å². The number of aryl methyl sites for hydroxylation is 2. The summed E-state index contributed by atoms with van der Waals surface area (Å²) in [4.78, 5) is 12.0. The third kappa shape index (κ3) is 5.32. The molecule has 0 spiro atoms. The molecule has 0 radical (unpaired) electrons. The standard InChI is InChI=1S/C17H22ClNO2/c1-6-15(17(20)19-8-7-11(2)3)21-14-9-12(4)16(18)13(5)10-14/h9-11,15H,6H2,1-5H3,(H,19,20). The van der Waals surface area contributed by atoms with E-state index in [0.29, 0.717) is 12.2 Å². The van der Waals surface area contributed by atoms with Gasteiger partial charge in [-0.1, -0.05) is 38.3 Å². The van der Waals surface area contributed by atoms with E-state index in [0.717, 1.165) is 16.1 Å². The lowest BCUT2D eigenvalue weighted by atomic mass is 10.1. The fourth-order valence-corrected chi connectivity index (χ4v) is 1.89. The third-order valence-corrected chi connectivity index (χ3v) is 3.49. The highest BCUT2D eigenvalue weighted by atomic mass is 35.5. The second-order valence-corrected chi connectivity index (χ2v) is 5.68. The number of benzene rings is 1. The lowest BCUT2D eigenvalue weighted by molar-refractivity contribution is -0.126. The van der Waals surface area contributed by atoms with Crippen molar-refractivity contribution in [1.29, 1.82) is 0 Å². The maximum absolute atomic E-state index is 12.0. The largest absolute Gasteiger partial charge is 0.481 e. The average Bonchev–Trinajstić information content (AvgIpc) is 2.41. The molecule has 1 aromatic carbocycles. The first kappa shape index (κ1) is 17.4. The number of hydrogen-bond acceptors (Lipinski definition) is 2. The van der Waals surface area contributed by atoms with E-state index in [2.05, 4.69) is 17.3 Å². The Morgan fingerprint density at radius 3 is 2.38 bits per heavy atom. The molecule has 0 aliphatic rings. The van der Waals surface area contributed by atoms with Crippen molar-refractivity contribution in [2.24, 2.45) is 5.92 Å². The van der Waals surface area contributed by atoms with Gasteiger partial charge in [0, 0.05) is 17.0 Å². The molecule has 1 aromatic rings. The molecular formula is C17H22ClNO2. The number of rotatable bonds is 4. The number of hydrogen-bond donors (Lipinski definition) is 1. The highest BCUT2D eigenvalue weighted by Crippen LogP contribution is 2.26. The number of halogens is 1. The number of amides is 1. The summed E-state index contributed by atoms with van der Waals surface area (Å²) in [5.41, 5.74) is 1.86. The van der Waals surface area contributed by atoms with Crippen molar-refractivity contribution < 1.29 is 9.53 Å². The van der Waals surface area contributed by atoms with Gasteiger partial charge in [0.1, 0.15) is 5.75 Å². The summed E-state index contributed by atoms with van der Waals surface area (Å²) >= 11 is 6.13. The Hall–Kier alpha value is -1.66. The molecule has 0 fully saturated rings. The third-order valence-electron chi connectivity index (χ3n) is 2.90. The topological polar surface area (TPSA) is 38.3 Å². The Balaban J connectivity index is 2.79. The molecule has 0 saturated carbocycles. The van der Waals surface area contributed by atoms with E-state index in [-0.39, 0.29) is 11.8 Å². The molecule has 1 unspecified atom stereocenters. The minimum atomic E-state index is -0.563. The van der Waals surface area contributed by atoms with Crippen molar-refractivity contribution in [2.45, 2.75) is 47.1 Å². The molecule has 0 aliphatic carbocycles. The molecule has 3 nitrogen and oxygen atoms in total.